The molecule has 1 saturated heterocycles. The highest BCUT2D eigenvalue weighted by Gasteiger charge is 2.42. The smallest absolute Gasteiger partial charge is 0.349 e. The number of pyridine rings is 2. The average Bonchev–Trinajstić information content (AvgIpc) is 2.98. The van der Waals surface area contributed by atoms with Gasteiger partial charge in [0, 0.05) is 37.3 Å². The Morgan fingerprint density at radius 2 is 1.85 bits per heavy atom. The summed E-state index contributed by atoms with van der Waals surface area (Å²) in [7, 11) is -0.565. The summed E-state index contributed by atoms with van der Waals surface area (Å²) >= 11 is 6.82. The van der Waals surface area contributed by atoms with Gasteiger partial charge in [0.05, 0.1) is 33.4 Å². The predicted molar refractivity (Wildman–Crippen MR) is 180 cm³/mol. The Balaban J connectivity index is 1.76. The number of halogens is 2. The summed E-state index contributed by atoms with van der Waals surface area (Å²) in [5, 5.41) is 0.141. The normalized spacial score (nSPS) is 19.2. The number of piperazine rings is 1. The molecule has 5 rings (SSSR count). The second-order valence-corrected chi connectivity index (χ2v) is 13.9. The van der Waals surface area contributed by atoms with Crippen molar-refractivity contribution in [3.05, 3.63) is 82.4 Å². The number of hydrogen-bond donors (Lipinski definition) is 0. The van der Waals surface area contributed by atoms with Crippen LogP contribution in [0.2, 0.25) is 5.02 Å². The van der Waals surface area contributed by atoms with Gasteiger partial charge in [-0.15, -0.1) is 4.40 Å². The van der Waals surface area contributed by atoms with E-state index < -0.39 is 16.0 Å². The fourth-order valence-electron chi connectivity index (χ4n) is 6.12. The number of carbonyl (C=O) groups is 1. The molecular weight excluding hydrogens is 629 g/mol. The zero-order valence-electron chi connectivity index (χ0n) is 27.0. The maximum Gasteiger partial charge on any atom is 0.352 e. The van der Waals surface area contributed by atoms with Gasteiger partial charge in [0.1, 0.15) is 5.82 Å². The Bertz CT molecular complexity index is 1830. The van der Waals surface area contributed by atoms with E-state index in [4.69, 9.17) is 21.6 Å². The number of hydrogen-bond acceptors (Lipinski definition) is 7. The van der Waals surface area contributed by atoms with E-state index in [1.807, 2.05) is 57.7 Å². The molecule has 1 amide bonds. The van der Waals surface area contributed by atoms with Gasteiger partial charge < -0.3 is 14.7 Å². The van der Waals surface area contributed by atoms with E-state index in [2.05, 4.69) is 11.0 Å². The quantitative estimate of drug-likeness (QED) is 0.306. The van der Waals surface area contributed by atoms with Gasteiger partial charge in [-0.25, -0.2) is 9.37 Å². The lowest BCUT2D eigenvalue weighted by atomic mass is 10.0. The van der Waals surface area contributed by atoms with Crippen LogP contribution in [0.3, 0.4) is 0 Å². The molecule has 0 spiro atoms. The van der Waals surface area contributed by atoms with Crippen molar-refractivity contribution in [1.82, 2.24) is 24.7 Å². The maximum absolute atomic E-state index is 15.1. The molecule has 13 heteroatoms. The number of carbonyl (C=O) groups excluding carboxylic acids is 1. The van der Waals surface area contributed by atoms with Gasteiger partial charge in [0.15, 0.2) is 11.7 Å². The highest BCUT2D eigenvalue weighted by atomic mass is 35.5. The molecule has 1 fully saturated rings. The van der Waals surface area contributed by atoms with Crippen molar-refractivity contribution in [2.24, 2.45) is 4.40 Å². The zero-order valence-corrected chi connectivity index (χ0v) is 28.5. The van der Waals surface area contributed by atoms with Crippen LogP contribution in [0, 0.1) is 12.7 Å². The van der Waals surface area contributed by atoms with Crippen LogP contribution in [-0.4, -0.2) is 84.1 Å². The summed E-state index contributed by atoms with van der Waals surface area (Å²) in [6.45, 7) is 12.5. The standard InChI is InChI=1S/C33H39ClFN7O3S/c1-8-12-28-31(20(3)15-23(36-28)19-39(6)7)42-32-25(16-26(34)30(37-32)24-13-10-11-14-27(24)35)33(38-46(42,44)45)41-18-21(4)40(17-22(41)5)29(43)9-2/h9-11,13-16,21-22H,2,8,12,17-19H2,1,3-7H3/t21-,22+/m1/s1. The SMILES string of the molecule is C=CC(=O)N1C[C@H](C)N(C2=NS(=O)(=O)N(c3c(C)cc(CN(C)C)nc3CCC)c3nc(-c4ccccc4F)c(Cl)cc32)C[C@H]1C. The van der Waals surface area contributed by atoms with Crippen LogP contribution < -0.4 is 4.31 Å². The minimum atomic E-state index is -4.45. The summed E-state index contributed by atoms with van der Waals surface area (Å²) in [5.41, 5.74) is 3.07. The average molecular weight is 668 g/mol. The fraction of sp³-hybridized carbons (Fsp3) is 0.394. The highest BCUT2D eigenvalue weighted by molar-refractivity contribution is 7.92. The molecule has 244 valence electrons. The lowest BCUT2D eigenvalue weighted by Crippen LogP contribution is -2.60. The van der Waals surface area contributed by atoms with Crippen molar-refractivity contribution < 1.29 is 17.6 Å². The minimum Gasteiger partial charge on any atom is -0.349 e. The maximum atomic E-state index is 15.1. The van der Waals surface area contributed by atoms with Gasteiger partial charge >= 0.3 is 10.2 Å². The van der Waals surface area contributed by atoms with Crippen LogP contribution in [0.5, 0.6) is 0 Å². The third kappa shape index (κ3) is 6.25. The molecule has 0 saturated carbocycles. The number of aromatic nitrogens is 2. The monoisotopic (exact) mass is 667 g/mol. The molecule has 0 bridgehead atoms. The van der Waals surface area contributed by atoms with E-state index >= 15 is 4.39 Å². The third-order valence-corrected chi connectivity index (χ3v) is 9.65. The van der Waals surface area contributed by atoms with Crippen LogP contribution in [-0.2, 0) is 28.0 Å². The molecule has 2 aliphatic heterocycles. The van der Waals surface area contributed by atoms with Gasteiger partial charge in [-0.1, -0.05) is 43.7 Å². The van der Waals surface area contributed by atoms with Gasteiger partial charge in [-0.2, -0.15) is 12.7 Å². The molecule has 10 nitrogen and oxygen atoms in total. The molecule has 46 heavy (non-hydrogen) atoms. The fourth-order valence-corrected chi connectivity index (χ4v) is 7.72. The number of amidine groups is 1. The van der Waals surface area contributed by atoms with Crippen LogP contribution in [0.4, 0.5) is 15.9 Å². The van der Waals surface area contributed by atoms with Crippen LogP contribution in [0.25, 0.3) is 11.3 Å². The van der Waals surface area contributed by atoms with Crippen LogP contribution in [0.15, 0.2) is 53.5 Å². The number of amides is 1. The topological polar surface area (TPSA) is 102 Å². The van der Waals surface area contributed by atoms with Gasteiger partial charge in [0.2, 0.25) is 5.91 Å². The van der Waals surface area contributed by atoms with E-state index in [0.29, 0.717) is 48.6 Å². The predicted octanol–water partition coefficient (Wildman–Crippen LogP) is 5.51. The van der Waals surface area contributed by atoms with Crippen LogP contribution >= 0.6 is 11.6 Å². The molecule has 0 aliphatic carbocycles. The van der Waals surface area contributed by atoms with Crippen molar-refractivity contribution in [2.45, 2.75) is 59.2 Å². The van der Waals surface area contributed by atoms with E-state index in [1.165, 1.54) is 12.1 Å². The summed E-state index contributed by atoms with van der Waals surface area (Å²) in [6, 6.07) is 9.00. The van der Waals surface area contributed by atoms with E-state index in [9.17, 15) is 13.2 Å². The van der Waals surface area contributed by atoms with E-state index in [1.54, 1.807) is 29.2 Å². The Morgan fingerprint density at radius 3 is 2.50 bits per heavy atom. The second kappa shape index (κ2) is 13.1. The van der Waals surface area contributed by atoms with E-state index in [-0.39, 0.29) is 45.9 Å². The minimum absolute atomic E-state index is 0.0553. The molecule has 4 heterocycles. The number of nitrogens with zero attached hydrogens (tertiary/aromatic N) is 7. The van der Waals surface area contributed by atoms with E-state index in [0.717, 1.165) is 16.4 Å². The zero-order chi connectivity index (χ0) is 33.5. The molecular formula is C33H39ClFN7O3S. The van der Waals surface area contributed by atoms with Gasteiger partial charge in [-0.05, 0) is 77.2 Å². The molecule has 3 aromatic rings. The molecule has 0 radical (unpaired) electrons. The number of rotatable bonds is 7. The lowest BCUT2D eigenvalue weighted by molar-refractivity contribution is -0.130. The Hall–Kier alpha value is -3.87. The first kappa shape index (κ1) is 33.5. The van der Waals surface area contributed by atoms with Crippen LogP contribution in [0.1, 0.15) is 49.7 Å². The van der Waals surface area contributed by atoms with Crippen molar-refractivity contribution in [2.75, 3.05) is 31.5 Å². The van der Waals surface area contributed by atoms with Gasteiger partial charge in [-0.3, -0.25) is 9.78 Å². The molecule has 0 unspecified atom stereocenters. The number of aryl methyl sites for hydroxylation is 2. The Kier molecular flexibility index (Phi) is 9.53. The summed E-state index contributed by atoms with van der Waals surface area (Å²) in [4.78, 5) is 27.8. The number of fused-ring (bicyclic) bond motifs is 1. The van der Waals surface area contributed by atoms with Crippen molar-refractivity contribution in [1.29, 1.82) is 0 Å². The molecule has 2 atom stereocenters. The van der Waals surface area contributed by atoms with Crippen molar-refractivity contribution >= 4 is 45.1 Å². The Morgan fingerprint density at radius 1 is 1.13 bits per heavy atom. The third-order valence-electron chi connectivity index (χ3n) is 8.14. The Labute approximate surface area is 275 Å². The number of benzene rings is 1. The second-order valence-electron chi connectivity index (χ2n) is 12.1. The largest absolute Gasteiger partial charge is 0.352 e. The lowest BCUT2D eigenvalue weighted by Gasteiger charge is -2.46. The highest BCUT2D eigenvalue weighted by Crippen LogP contribution is 2.43. The first-order valence-electron chi connectivity index (χ1n) is 15.2. The summed E-state index contributed by atoms with van der Waals surface area (Å²) < 4.78 is 49.5. The molecule has 2 aromatic heterocycles. The van der Waals surface area contributed by atoms with Gasteiger partial charge in [0.25, 0.3) is 0 Å². The van der Waals surface area contributed by atoms with Crippen molar-refractivity contribution in [3.63, 3.8) is 0 Å². The summed E-state index contributed by atoms with van der Waals surface area (Å²) in [5.74, 6) is -0.525. The first-order valence-corrected chi connectivity index (χ1v) is 17.0. The van der Waals surface area contributed by atoms with Crippen molar-refractivity contribution in [3.8, 4) is 11.3 Å². The number of anilines is 2. The molecule has 1 aromatic carbocycles. The summed E-state index contributed by atoms with van der Waals surface area (Å²) in [6.07, 6.45) is 2.51. The first-order chi connectivity index (χ1) is 21.8. The molecule has 2 aliphatic rings. The molecule has 0 N–H and O–H groups in total.